The molecule has 0 aromatic carbocycles. The van der Waals surface area contributed by atoms with Gasteiger partial charge in [0, 0.05) is 37.1 Å². The van der Waals surface area contributed by atoms with E-state index in [0.29, 0.717) is 6.42 Å². The fourth-order valence-corrected chi connectivity index (χ4v) is 5.93. The summed E-state index contributed by atoms with van der Waals surface area (Å²) in [6.07, 6.45) is 1.53. The van der Waals surface area contributed by atoms with Crippen LogP contribution < -0.4 is 10.7 Å². The lowest BCUT2D eigenvalue weighted by Crippen LogP contribution is -2.67. The van der Waals surface area contributed by atoms with E-state index in [-0.39, 0.29) is 67.4 Å². The molecule has 1 aliphatic heterocycles. The lowest BCUT2D eigenvalue weighted by molar-refractivity contribution is -0.189. The van der Waals surface area contributed by atoms with Crippen LogP contribution in [-0.4, -0.2) is 80.1 Å². The molecule has 2 fully saturated rings. The van der Waals surface area contributed by atoms with E-state index in [2.05, 4.69) is 30.0 Å². The van der Waals surface area contributed by atoms with Crippen LogP contribution in [0, 0.1) is 34.5 Å². The van der Waals surface area contributed by atoms with Crippen LogP contribution in [0.3, 0.4) is 0 Å². The Morgan fingerprint density at radius 2 is 1.81 bits per heavy atom. The molecular formula is C30H48N4O8S. The third kappa shape index (κ3) is 9.44. The van der Waals surface area contributed by atoms with Crippen molar-refractivity contribution in [2.24, 2.45) is 29.1 Å². The number of hydrogen-bond acceptors (Lipinski definition) is 10. The molecule has 2 amide bonds. The van der Waals surface area contributed by atoms with Crippen molar-refractivity contribution in [3.63, 3.8) is 0 Å². The topological polar surface area (TPSA) is 186 Å². The maximum atomic E-state index is 13.6. The van der Waals surface area contributed by atoms with E-state index in [1.54, 1.807) is 20.8 Å². The van der Waals surface area contributed by atoms with E-state index in [1.807, 2.05) is 20.8 Å². The maximum absolute atomic E-state index is 13.6. The van der Waals surface area contributed by atoms with Gasteiger partial charge in [0.1, 0.15) is 11.6 Å². The van der Waals surface area contributed by atoms with Gasteiger partial charge in [0.15, 0.2) is 11.6 Å². The molecular weight excluding hydrogens is 576 g/mol. The normalized spacial score (nSPS) is 26.3. The Kier molecular flexibility index (Phi) is 12.3. The summed E-state index contributed by atoms with van der Waals surface area (Å²) in [6, 6.07) is -1.30. The van der Waals surface area contributed by atoms with Gasteiger partial charge < -0.3 is 20.3 Å². The first-order chi connectivity index (χ1) is 19.7. The molecule has 242 valence electrons. The number of allylic oxidation sites excluding steroid dienone is 1. The second-order valence-electron chi connectivity index (χ2n) is 13.4. The molecule has 5 N–H and O–H groups in total. The van der Waals surface area contributed by atoms with Gasteiger partial charge in [0.05, 0.1) is 11.7 Å². The van der Waals surface area contributed by atoms with Gasteiger partial charge >= 0.3 is 5.97 Å². The predicted molar refractivity (Wildman–Crippen MR) is 163 cm³/mol. The Balaban J connectivity index is 2.22. The number of thiol groups is 1. The van der Waals surface area contributed by atoms with Gasteiger partial charge in [-0.1, -0.05) is 48.1 Å². The van der Waals surface area contributed by atoms with Crippen molar-refractivity contribution in [3.8, 4) is 0 Å². The minimum absolute atomic E-state index is 0.00359. The van der Waals surface area contributed by atoms with Gasteiger partial charge in [0.2, 0.25) is 11.6 Å². The number of ketones is 2. The predicted octanol–water partition coefficient (Wildman–Crippen LogP) is 1.94. The average Bonchev–Trinajstić information content (AvgIpc) is 3.32. The third-order valence-electron chi connectivity index (χ3n) is 8.02. The van der Waals surface area contributed by atoms with Crippen molar-refractivity contribution in [1.29, 1.82) is 5.41 Å². The molecule has 2 aliphatic rings. The van der Waals surface area contributed by atoms with Crippen molar-refractivity contribution in [2.75, 3.05) is 13.2 Å². The van der Waals surface area contributed by atoms with Crippen LogP contribution in [0.2, 0.25) is 0 Å². The number of amides is 2. The summed E-state index contributed by atoms with van der Waals surface area (Å²) in [5.74, 6) is -5.88. The number of nitrogens with zero attached hydrogens (tertiary/aromatic N) is 1. The number of hydrazine groups is 1. The molecule has 0 aromatic heterocycles. The number of esters is 1. The zero-order valence-corrected chi connectivity index (χ0v) is 27.0. The molecule has 2 unspecified atom stereocenters. The second-order valence-corrected chi connectivity index (χ2v) is 14.0. The summed E-state index contributed by atoms with van der Waals surface area (Å²) >= 11 is 4.00. The Bertz CT molecular complexity index is 1120. The van der Waals surface area contributed by atoms with Crippen LogP contribution in [0.4, 0.5) is 0 Å². The lowest BCUT2D eigenvalue weighted by Gasteiger charge is -2.40. The monoisotopic (exact) mass is 624 g/mol. The summed E-state index contributed by atoms with van der Waals surface area (Å²) in [5.41, 5.74) is -1.73. The van der Waals surface area contributed by atoms with E-state index in [0.717, 1.165) is 5.01 Å². The molecule has 1 saturated heterocycles. The quantitative estimate of drug-likeness (QED) is 0.0586. The van der Waals surface area contributed by atoms with Crippen molar-refractivity contribution < 1.29 is 38.9 Å². The number of rotatable bonds is 13. The summed E-state index contributed by atoms with van der Waals surface area (Å²) < 4.78 is 5.27. The van der Waals surface area contributed by atoms with E-state index < -0.39 is 58.7 Å². The number of aliphatic hydroxyl groups is 2. The lowest BCUT2D eigenvalue weighted by atomic mass is 9.75. The molecule has 12 nitrogen and oxygen atoms in total. The van der Waals surface area contributed by atoms with Gasteiger partial charge in [-0.3, -0.25) is 29.6 Å². The Labute approximate surface area is 259 Å². The maximum Gasteiger partial charge on any atom is 0.355 e. The first-order valence-corrected chi connectivity index (χ1v) is 15.2. The highest BCUT2D eigenvalue weighted by atomic mass is 32.1. The first-order valence-electron chi connectivity index (χ1n) is 14.7. The number of carbonyl (C=O) groups excluding carboxylic acids is 5. The number of hydrogen-bond donors (Lipinski definition) is 6. The zero-order valence-electron chi connectivity index (χ0n) is 26.1. The number of ether oxygens (including phenoxy) is 1. The van der Waals surface area contributed by atoms with E-state index in [1.165, 1.54) is 6.08 Å². The number of carbonyl (C=O) groups is 5. The van der Waals surface area contributed by atoms with Gasteiger partial charge in [-0.05, 0) is 43.1 Å². The van der Waals surface area contributed by atoms with Crippen LogP contribution >= 0.6 is 12.6 Å². The van der Waals surface area contributed by atoms with Gasteiger partial charge in [-0.2, -0.15) is 5.43 Å². The van der Waals surface area contributed by atoms with Crippen LogP contribution in [0.25, 0.3) is 0 Å². The highest BCUT2D eigenvalue weighted by Crippen LogP contribution is 2.39. The largest absolute Gasteiger partial charge is 0.462 e. The fourth-order valence-electron chi connectivity index (χ4n) is 5.74. The first kappa shape index (κ1) is 36.6. The molecule has 43 heavy (non-hydrogen) atoms. The standard InChI is InChI=1S/C30H48N4O8S/c1-8-21(35)19-10-12-29(40,15-19)24(36)18(4)23(17(2)3)25(37)32-20(14-22(31)43)26(38)34-13-9-11-30(41,33-34)27(39)42-16-28(5,6)7/h8,17-20,23,33,40-41H,1,9-16H2,2-7H3,(H2,31,43)(H,32,37)/t18?,19?,20-,23+,29+,30+/m0/s1. The van der Waals surface area contributed by atoms with Crippen molar-refractivity contribution in [3.05, 3.63) is 12.7 Å². The number of Topliss-reactive ketones (excluding diaryl/α,β-unsaturated/α-hetero) is 1. The molecule has 0 bridgehead atoms. The summed E-state index contributed by atoms with van der Waals surface area (Å²) in [6.45, 7) is 14.2. The van der Waals surface area contributed by atoms with Gasteiger partial charge in [0.25, 0.3) is 5.91 Å². The van der Waals surface area contributed by atoms with Crippen LogP contribution in [0.5, 0.6) is 0 Å². The summed E-state index contributed by atoms with van der Waals surface area (Å²) in [7, 11) is 0. The van der Waals surface area contributed by atoms with Crippen molar-refractivity contribution in [2.45, 2.75) is 97.4 Å². The van der Waals surface area contributed by atoms with E-state index in [9.17, 15) is 34.2 Å². The van der Waals surface area contributed by atoms with Crippen molar-refractivity contribution in [1.82, 2.24) is 15.8 Å². The SMILES string of the molecule is C=CC(=O)C1CC[C@](O)(C(=O)C(C)[C@H](C(=O)N[C@@H](CC(=N)S)C(=O)N2CCC[C@@](O)(C(=O)OCC(C)(C)C)N2)C(C)C)C1. The van der Waals surface area contributed by atoms with Crippen LogP contribution in [0.15, 0.2) is 12.7 Å². The van der Waals surface area contributed by atoms with Gasteiger partial charge in [-0.15, -0.1) is 12.6 Å². The molecule has 6 atom stereocenters. The van der Waals surface area contributed by atoms with Crippen LogP contribution in [-0.2, 0) is 28.7 Å². The van der Waals surface area contributed by atoms with E-state index in [4.69, 9.17) is 10.1 Å². The zero-order chi connectivity index (χ0) is 32.9. The van der Waals surface area contributed by atoms with Gasteiger partial charge in [-0.25, -0.2) is 4.79 Å². The highest BCUT2D eigenvalue weighted by molar-refractivity contribution is 7.96. The van der Waals surface area contributed by atoms with Crippen molar-refractivity contribution >= 4 is 47.0 Å². The molecule has 2 rings (SSSR count). The molecule has 1 heterocycles. The third-order valence-corrected chi connectivity index (χ3v) is 8.20. The molecule has 0 spiro atoms. The molecule has 1 saturated carbocycles. The van der Waals surface area contributed by atoms with E-state index >= 15 is 0 Å². The Morgan fingerprint density at radius 3 is 2.35 bits per heavy atom. The minimum Gasteiger partial charge on any atom is -0.462 e. The fraction of sp³-hybridized carbons (Fsp3) is 0.733. The smallest absolute Gasteiger partial charge is 0.355 e. The summed E-state index contributed by atoms with van der Waals surface area (Å²) in [5, 5.41) is 33.5. The minimum atomic E-state index is -2.16. The molecule has 0 radical (unpaired) electrons. The molecule has 13 heteroatoms. The molecule has 1 aliphatic carbocycles. The Hall–Kier alpha value is -2.61. The average molecular weight is 625 g/mol. The van der Waals surface area contributed by atoms with Crippen LogP contribution in [0.1, 0.15) is 80.1 Å². The number of nitrogens with one attached hydrogen (secondary N) is 3. The molecule has 0 aromatic rings. The second kappa shape index (κ2) is 14.4. The summed E-state index contributed by atoms with van der Waals surface area (Å²) in [4.78, 5) is 65.5. The Morgan fingerprint density at radius 1 is 1.19 bits per heavy atom. The highest BCUT2D eigenvalue weighted by Gasteiger charge is 2.50.